The number of hydrogen-bond donors (Lipinski definition) is 3. The van der Waals surface area contributed by atoms with Gasteiger partial charge in [-0.3, -0.25) is 19.7 Å². The van der Waals surface area contributed by atoms with E-state index in [1.165, 1.54) is 13.8 Å². The van der Waals surface area contributed by atoms with Crippen molar-refractivity contribution >= 4 is 17.3 Å². The summed E-state index contributed by atoms with van der Waals surface area (Å²) < 4.78 is 0. The van der Waals surface area contributed by atoms with Crippen molar-refractivity contribution in [1.29, 1.82) is 0 Å². The molecule has 0 bridgehead atoms. The number of rotatable bonds is 1. The molecule has 104 valence electrons. The van der Waals surface area contributed by atoms with Crippen LogP contribution >= 0.6 is 0 Å². The molecule has 0 saturated heterocycles. The zero-order valence-corrected chi connectivity index (χ0v) is 10.4. The lowest BCUT2D eigenvalue weighted by molar-refractivity contribution is -0.418. The minimum Gasteiger partial charge on any atom is -0.507 e. The Morgan fingerprint density at radius 1 is 0.900 bits per heavy atom. The van der Waals surface area contributed by atoms with Gasteiger partial charge in [-0.15, -0.1) is 0 Å². The number of Topliss-reactive ketones (excluding diaryl/α,β-unsaturated/α-hetero) is 2. The van der Waals surface area contributed by atoms with Gasteiger partial charge in [0.25, 0.3) is 0 Å². The van der Waals surface area contributed by atoms with Gasteiger partial charge in [0.15, 0.2) is 0 Å². The number of phenolic OH excluding ortho intramolecular Hbond substituents is 2. The van der Waals surface area contributed by atoms with Gasteiger partial charge in [-0.1, -0.05) is 0 Å². The first kappa shape index (κ1) is 13.5. The number of allylic oxidation sites excluding steroid dienone is 1. The summed E-state index contributed by atoms with van der Waals surface area (Å²) in [6.45, 7) is 2.79. The molecule has 0 atom stereocenters. The Labute approximate surface area is 111 Å². The highest BCUT2D eigenvalue weighted by Gasteiger charge is 2.44. The van der Waals surface area contributed by atoms with Gasteiger partial charge in [-0.05, 0) is 25.0 Å². The highest BCUT2D eigenvalue weighted by molar-refractivity contribution is 6.52. The number of hydrogen-bond acceptors (Lipinski definition) is 7. The fourth-order valence-electron chi connectivity index (χ4n) is 2.04. The van der Waals surface area contributed by atoms with E-state index in [1.807, 2.05) is 0 Å². The van der Waals surface area contributed by atoms with Crippen molar-refractivity contribution in [3.8, 4) is 11.5 Å². The molecule has 2 rings (SSSR count). The summed E-state index contributed by atoms with van der Waals surface area (Å²) in [5.41, 5.74) is -2.27. The lowest BCUT2D eigenvalue weighted by Gasteiger charge is -2.19. The van der Waals surface area contributed by atoms with Crippen molar-refractivity contribution in [2.45, 2.75) is 13.8 Å². The first-order chi connectivity index (χ1) is 9.20. The van der Waals surface area contributed by atoms with Gasteiger partial charge < -0.3 is 15.3 Å². The van der Waals surface area contributed by atoms with E-state index in [0.717, 1.165) is 0 Å². The topological polar surface area (TPSA) is 138 Å². The molecule has 0 saturated carbocycles. The number of carbonyl (C=O) groups excluding carboxylic acids is 2. The smallest absolute Gasteiger partial charge is 0.362 e. The second-order valence-electron chi connectivity index (χ2n) is 4.31. The molecule has 0 fully saturated rings. The van der Waals surface area contributed by atoms with E-state index in [2.05, 4.69) is 0 Å². The molecule has 20 heavy (non-hydrogen) atoms. The molecular weight excluding hydrogens is 270 g/mol. The van der Waals surface area contributed by atoms with Gasteiger partial charge in [0.05, 0.1) is 16.1 Å². The molecule has 1 aromatic rings. The summed E-state index contributed by atoms with van der Waals surface area (Å²) in [6.07, 6.45) is 0. The molecular formula is C12H9NO7. The van der Waals surface area contributed by atoms with Crippen LogP contribution in [-0.2, 0) is 4.79 Å². The summed E-state index contributed by atoms with van der Waals surface area (Å²) in [7, 11) is 0. The van der Waals surface area contributed by atoms with Crippen LogP contribution in [0.25, 0.3) is 5.76 Å². The number of carbonyl (C=O) groups is 2. The molecule has 0 heterocycles. The van der Waals surface area contributed by atoms with E-state index < -0.39 is 50.6 Å². The van der Waals surface area contributed by atoms with Crippen LogP contribution in [0.1, 0.15) is 27.0 Å². The van der Waals surface area contributed by atoms with E-state index in [4.69, 9.17) is 0 Å². The van der Waals surface area contributed by atoms with Crippen LogP contribution in [-0.4, -0.2) is 31.8 Å². The molecule has 0 radical (unpaired) electrons. The van der Waals surface area contributed by atoms with Crippen LogP contribution in [0.3, 0.4) is 0 Å². The summed E-state index contributed by atoms with van der Waals surface area (Å²) in [5, 5.41) is 40.4. The van der Waals surface area contributed by atoms with Crippen LogP contribution in [0, 0.1) is 24.0 Å². The molecule has 1 aliphatic rings. The summed E-state index contributed by atoms with van der Waals surface area (Å²) in [5.74, 6) is -5.21. The van der Waals surface area contributed by atoms with E-state index >= 15 is 0 Å². The Bertz CT molecular complexity index is 730. The van der Waals surface area contributed by atoms with Crippen LogP contribution in [0.15, 0.2) is 5.70 Å². The molecule has 0 unspecified atom stereocenters. The van der Waals surface area contributed by atoms with Gasteiger partial charge >= 0.3 is 11.5 Å². The quantitative estimate of drug-likeness (QED) is 0.301. The van der Waals surface area contributed by atoms with Crippen molar-refractivity contribution in [3.05, 3.63) is 38.1 Å². The number of fused-ring (bicyclic) bond motifs is 1. The monoisotopic (exact) mass is 279 g/mol. The zero-order valence-electron chi connectivity index (χ0n) is 10.4. The second kappa shape index (κ2) is 4.05. The largest absolute Gasteiger partial charge is 0.507 e. The number of nitrogens with zero attached hydrogens (tertiary/aromatic N) is 1. The van der Waals surface area contributed by atoms with E-state index in [-0.39, 0.29) is 11.1 Å². The maximum atomic E-state index is 11.8. The summed E-state index contributed by atoms with van der Waals surface area (Å²) in [4.78, 5) is 33.0. The highest BCUT2D eigenvalue weighted by atomic mass is 16.6. The number of benzene rings is 1. The standard InChI is InChI=1S/C12H9NO7/c1-3-4(2)9(15)6-5(8(3)14)10(16)7(13(19)20)12(18)11(6)17/h14-16H,1-2H3. The van der Waals surface area contributed by atoms with Crippen molar-refractivity contribution in [1.82, 2.24) is 0 Å². The number of aliphatic hydroxyl groups is 1. The Hall–Kier alpha value is -2.90. The maximum absolute atomic E-state index is 11.8. The first-order valence-corrected chi connectivity index (χ1v) is 5.42. The fraction of sp³-hybridized carbons (Fsp3) is 0.167. The number of phenols is 2. The average molecular weight is 279 g/mol. The third-order valence-electron chi connectivity index (χ3n) is 3.29. The highest BCUT2D eigenvalue weighted by Crippen LogP contribution is 2.43. The molecule has 0 aromatic heterocycles. The number of nitro groups is 1. The average Bonchev–Trinajstić information content (AvgIpc) is 2.37. The molecule has 3 N–H and O–H groups in total. The van der Waals surface area contributed by atoms with Crippen LogP contribution in [0.2, 0.25) is 0 Å². The second-order valence-corrected chi connectivity index (χ2v) is 4.31. The Morgan fingerprint density at radius 3 is 1.80 bits per heavy atom. The molecule has 0 aliphatic heterocycles. The Balaban J connectivity index is 3.02. The number of aromatic hydroxyl groups is 2. The minimum absolute atomic E-state index is 0.137. The van der Waals surface area contributed by atoms with E-state index in [1.54, 1.807) is 0 Å². The van der Waals surface area contributed by atoms with Gasteiger partial charge in [0.2, 0.25) is 11.5 Å². The van der Waals surface area contributed by atoms with Crippen LogP contribution in [0.4, 0.5) is 0 Å². The van der Waals surface area contributed by atoms with Crippen LogP contribution in [0.5, 0.6) is 11.5 Å². The van der Waals surface area contributed by atoms with Crippen LogP contribution < -0.4 is 0 Å². The van der Waals surface area contributed by atoms with E-state index in [9.17, 15) is 35.0 Å². The minimum atomic E-state index is -1.54. The predicted molar refractivity (Wildman–Crippen MR) is 65.1 cm³/mol. The number of ketones is 2. The zero-order chi connectivity index (χ0) is 15.4. The summed E-state index contributed by atoms with van der Waals surface area (Å²) in [6, 6.07) is 0. The lowest BCUT2D eigenvalue weighted by Crippen LogP contribution is -2.28. The molecule has 8 heteroatoms. The summed E-state index contributed by atoms with van der Waals surface area (Å²) >= 11 is 0. The van der Waals surface area contributed by atoms with Crippen molar-refractivity contribution < 1.29 is 29.8 Å². The molecule has 0 spiro atoms. The first-order valence-electron chi connectivity index (χ1n) is 5.42. The molecule has 8 nitrogen and oxygen atoms in total. The number of aliphatic hydroxyl groups excluding tert-OH is 1. The van der Waals surface area contributed by atoms with Gasteiger partial charge in [-0.2, -0.15) is 0 Å². The maximum Gasteiger partial charge on any atom is 0.362 e. The lowest BCUT2D eigenvalue weighted by atomic mass is 9.86. The normalized spacial score (nSPS) is 14.5. The van der Waals surface area contributed by atoms with Gasteiger partial charge in [0, 0.05) is 0 Å². The predicted octanol–water partition coefficient (Wildman–Crippen LogP) is 0.983. The fourth-order valence-corrected chi connectivity index (χ4v) is 2.04. The Morgan fingerprint density at radius 2 is 1.35 bits per heavy atom. The molecule has 0 amide bonds. The van der Waals surface area contributed by atoms with Crippen molar-refractivity contribution in [2.24, 2.45) is 0 Å². The van der Waals surface area contributed by atoms with Crippen molar-refractivity contribution in [2.75, 3.05) is 0 Å². The molecule has 1 aliphatic carbocycles. The van der Waals surface area contributed by atoms with E-state index in [0.29, 0.717) is 0 Å². The SMILES string of the molecule is Cc1c(C)c(O)c2c(c1O)C(=O)C(=O)C([N+](=O)[O-])=C2O. The molecule has 1 aromatic carbocycles. The third-order valence-corrected chi connectivity index (χ3v) is 3.29. The Kier molecular flexibility index (Phi) is 2.74. The van der Waals surface area contributed by atoms with Gasteiger partial charge in [0.1, 0.15) is 11.5 Å². The third kappa shape index (κ3) is 1.48. The van der Waals surface area contributed by atoms with Gasteiger partial charge in [-0.25, -0.2) is 0 Å². The van der Waals surface area contributed by atoms with Crippen molar-refractivity contribution in [3.63, 3.8) is 0 Å².